The Balaban J connectivity index is 2.41. The van der Waals surface area contributed by atoms with E-state index in [1.807, 2.05) is 20.8 Å². The fourth-order valence-electron chi connectivity index (χ4n) is 2.17. The lowest BCUT2D eigenvalue weighted by molar-refractivity contribution is 0.103. The summed E-state index contributed by atoms with van der Waals surface area (Å²) < 4.78 is 5.48. The highest BCUT2D eigenvalue weighted by atomic mass is 16.3. The minimum atomic E-state index is 0.166. The first-order valence-corrected chi connectivity index (χ1v) is 5.41. The van der Waals surface area contributed by atoms with Crippen LogP contribution in [0.2, 0.25) is 0 Å². The lowest BCUT2D eigenvalue weighted by atomic mass is 9.99. The zero-order chi connectivity index (χ0) is 11.0. The third kappa shape index (κ3) is 1.65. The van der Waals surface area contributed by atoms with Crippen molar-refractivity contribution in [1.29, 1.82) is 0 Å². The van der Waals surface area contributed by atoms with E-state index in [4.69, 9.17) is 4.42 Å². The number of aryl methyl sites for hydroxylation is 2. The normalized spacial score (nSPS) is 15.5. The second kappa shape index (κ2) is 3.69. The van der Waals surface area contributed by atoms with E-state index in [1.54, 1.807) is 0 Å². The van der Waals surface area contributed by atoms with Crippen LogP contribution in [0.1, 0.15) is 46.7 Å². The summed E-state index contributed by atoms with van der Waals surface area (Å²) >= 11 is 0. The summed E-state index contributed by atoms with van der Waals surface area (Å²) in [5.41, 5.74) is 2.73. The maximum absolute atomic E-state index is 12.2. The molecule has 2 nitrogen and oxygen atoms in total. The van der Waals surface area contributed by atoms with Gasteiger partial charge in [-0.2, -0.15) is 0 Å². The number of furan rings is 1. The van der Waals surface area contributed by atoms with Crippen molar-refractivity contribution in [2.24, 2.45) is 0 Å². The smallest absolute Gasteiger partial charge is 0.192 e. The van der Waals surface area contributed by atoms with Crippen LogP contribution in [0.25, 0.3) is 0 Å². The molecule has 1 aromatic heterocycles. The van der Waals surface area contributed by atoms with Gasteiger partial charge in [-0.15, -0.1) is 0 Å². The van der Waals surface area contributed by atoms with Crippen molar-refractivity contribution in [3.63, 3.8) is 0 Å². The van der Waals surface area contributed by atoms with Gasteiger partial charge in [0.05, 0.1) is 5.56 Å². The number of rotatable bonds is 2. The van der Waals surface area contributed by atoms with Gasteiger partial charge in [0, 0.05) is 5.56 Å². The molecule has 1 heterocycles. The summed E-state index contributed by atoms with van der Waals surface area (Å²) in [7, 11) is 0. The third-order valence-electron chi connectivity index (χ3n) is 3.12. The molecule has 2 rings (SSSR count). The van der Waals surface area contributed by atoms with Gasteiger partial charge < -0.3 is 4.42 Å². The summed E-state index contributed by atoms with van der Waals surface area (Å²) in [6.45, 7) is 5.72. The number of hydrogen-bond donors (Lipinski definition) is 0. The molecule has 1 aromatic rings. The molecule has 1 aliphatic rings. The first-order chi connectivity index (χ1) is 7.11. The molecular formula is C13H16O2. The zero-order valence-corrected chi connectivity index (χ0v) is 9.52. The molecule has 0 atom stereocenters. The topological polar surface area (TPSA) is 30.2 Å². The maximum Gasteiger partial charge on any atom is 0.192 e. The lowest BCUT2D eigenvalue weighted by Gasteiger charge is -2.01. The predicted octanol–water partition coefficient (Wildman–Crippen LogP) is 3.50. The van der Waals surface area contributed by atoms with Crippen molar-refractivity contribution in [2.75, 3.05) is 0 Å². The van der Waals surface area contributed by atoms with Crippen molar-refractivity contribution >= 4 is 5.78 Å². The highest BCUT2D eigenvalue weighted by Gasteiger charge is 2.22. The standard InChI is InChI=1S/C13H16O2/c1-8-9(2)15-10(3)12(8)13(14)11-6-4-5-7-11/h6H,4-5,7H2,1-3H3. The molecule has 0 bridgehead atoms. The average Bonchev–Trinajstić information content (AvgIpc) is 2.76. The minimum Gasteiger partial charge on any atom is -0.466 e. The van der Waals surface area contributed by atoms with Gasteiger partial charge in [-0.3, -0.25) is 4.79 Å². The van der Waals surface area contributed by atoms with Gasteiger partial charge in [0.15, 0.2) is 5.78 Å². The lowest BCUT2D eigenvalue weighted by Crippen LogP contribution is -2.03. The Hall–Kier alpha value is -1.31. The van der Waals surface area contributed by atoms with Crippen LogP contribution in [0.15, 0.2) is 16.1 Å². The van der Waals surface area contributed by atoms with Gasteiger partial charge in [0.1, 0.15) is 11.5 Å². The van der Waals surface area contributed by atoms with E-state index in [0.717, 1.165) is 47.5 Å². The highest BCUT2D eigenvalue weighted by Crippen LogP contribution is 2.27. The highest BCUT2D eigenvalue weighted by molar-refractivity contribution is 6.10. The molecule has 0 N–H and O–H groups in total. The van der Waals surface area contributed by atoms with Crippen molar-refractivity contribution in [3.05, 3.63) is 34.3 Å². The van der Waals surface area contributed by atoms with Crippen molar-refractivity contribution in [2.45, 2.75) is 40.0 Å². The van der Waals surface area contributed by atoms with Gasteiger partial charge >= 0.3 is 0 Å². The number of hydrogen-bond acceptors (Lipinski definition) is 2. The second-order valence-electron chi connectivity index (χ2n) is 4.17. The molecule has 0 amide bonds. The molecule has 0 aliphatic heterocycles. The number of carbonyl (C=O) groups excluding carboxylic acids is 1. The summed E-state index contributed by atoms with van der Waals surface area (Å²) in [6.07, 6.45) is 5.12. The fourth-order valence-corrected chi connectivity index (χ4v) is 2.17. The van der Waals surface area contributed by atoms with Crippen molar-refractivity contribution < 1.29 is 9.21 Å². The monoisotopic (exact) mass is 204 g/mol. The molecule has 1 aliphatic carbocycles. The van der Waals surface area contributed by atoms with Crippen LogP contribution < -0.4 is 0 Å². The van der Waals surface area contributed by atoms with Gasteiger partial charge in [0.2, 0.25) is 0 Å². The van der Waals surface area contributed by atoms with E-state index in [-0.39, 0.29) is 5.78 Å². The van der Waals surface area contributed by atoms with Crippen LogP contribution >= 0.6 is 0 Å². The Bertz CT molecular complexity index is 436. The molecule has 15 heavy (non-hydrogen) atoms. The predicted molar refractivity (Wildman–Crippen MR) is 59.2 cm³/mol. The second-order valence-corrected chi connectivity index (χ2v) is 4.17. The summed E-state index contributed by atoms with van der Waals surface area (Å²) in [5, 5.41) is 0. The van der Waals surface area contributed by atoms with E-state index < -0.39 is 0 Å². The Morgan fingerprint density at radius 3 is 2.47 bits per heavy atom. The van der Waals surface area contributed by atoms with Crippen LogP contribution in [-0.4, -0.2) is 5.78 Å². The van der Waals surface area contributed by atoms with Crippen LogP contribution in [0.4, 0.5) is 0 Å². The number of ketones is 1. The van der Waals surface area contributed by atoms with Crippen LogP contribution in [0, 0.1) is 20.8 Å². The van der Waals surface area contributed by atoms with Gasteiger partial charge in [-0.25, -0.2) is 0 Å². The first kappa shape index (κ1) is 10.2. The van der Waals surface area contributed by atoms with E-state index in [9.17, 15) is 4.79 Å². The van der Waals surface area contributed by atoms with Crippen LogP contribution in [0.5, 0.6) is 0 Å². The molecule has 80 valence electrons. The Morgan fingerprint density at radius 1 is 1.27 bits per heavy atom. The van der Waals surface area contributed by atoms with E-state index in [1.165, 1.54) is 0 Å². The molecular weight excluding hydrogens is 188 g/mol. The van der Waals surface area contributed by atoms with Crippen molar-refractivity contribution in [1.82, 2.24) is 0 Å². The first-order valence-electron chi connectivity index (χ1n) is 5.41. The quantitative estimate of drug-likeness (QED) is 0.690. The zero-order valence-electron chi connectivity index (χ0n) is 9.52. The van der Waals surface area contributed by atoms with Gasteiger partial charge in [-0.05, 0) is 45.6 Å². The minimum absolute atomic E-state index is 0.166. The SMILES string of the molecule is Cc1oc(C)c(C(=O)C2=CCCC2)c1C. The number of allylic oxidation sites excluding steroid dienone is 2. The fraction of sp³-hybridized carbons (Fsp3) is 0.462. The molecule has 0 fully saturated rings. The number of carbonyl (C=O) groups is 1. The van der Waals surface area contributed by atoms with Gasteiger partial charge in [0.25, 0.3) is 0 Å². The molecule has 0 unspecified atom stereocenters. The third-order valence-corrected chi connectivity index (χ3v) is 3.12. The molecule has 0 spiro atoms. The molecule has 2 heteroatoms. The summed E-state index contributed by atoms with van der Waals surface area (Å²) in [5.74, 6) is 1.77. The van der Waals surface area contributed by atoms with E-state index in [2.05, 4.69) is 6.08 Å². The maximum atomic E-state index is 12.2. The molecule has 0 radical (unpaired) electrons. The van der Waals surface area contributed by atoms with Crippen molar-refractivity contribution in [3.8, 4) is 0 Å². The van der Waals surface area contributed by atoms with Crippen LogP contribution in [0.3, 0.4) is 0 Å². The summed E-state index contributed by atoms with van der Waals surface area (Å²) in [4.78, 5) is 12.2. The largest absolute Gasteiger partial charge is 0.466 e. The Kier molecular flexibility index (Phi) is 2.51. The van der Waals surface area contributed by atoms with Gasteiger partial charge in [-0.1, -0.05) is 6.08 Å². The molecule has 0 saturated carbocycles. The van der Waals surface area contributed by atoms with E-state index in [0.29, 0.717) is 0 Å². The molecule has 0 saturated heterocycles. The number of Topliss-reactive ketones (excluding diaryl/α,β-unsaturated/α-hetero) is 1. The Labute approximate surface area is 90.0 Å². The Morgan fingerprint density at radius 2 is 2.00 bits per heavy atom. The molecule has 0 aromatic carbocycles. The van der Waals surface area contributed by atoms with Crippen LogP contribution in [-0.2, 0) is 0 Å². The van der Waals surface area contributed by atoms with E-state index >= 15 is 0 Å². The average molecular weight is 204 g/mol. The summed E-state index contributed by atoms with van der Waals surface area (Å²) in [6, 6.07) is 0.